The number of rotatable bonds is 6. The van der Waals surface area contributed by atoms with Crippen LogP contribution in [-0.4, -0.2) is 29.7 Å². The van der Waals surface area contributed by atoms with E-state index in [2.05, 4.69) is 4.72 Å². The lowest BCUT2D eigenvalue weighted by molar-refractivity contribution is -0.137. The van der Waals surface area contributed by atoms with Gasteiger partial charge in [0.05, 0.1) is 37.5 Å². The molecule has 0 bridgehead atoms. The SMILES string of the molecule is COc1ccc(C(F)(F)F)cc1NS(=O)(=O)c1ccc(OC)c(OC)c1. The number of benzene rings is 2. The van der Waals surface area contributed by atoms with Crippen molar-refractivity contribution in [1.82, 2.24) is 0 Å². The van der Waals surface area contributed by atoms with Gasteiger partial charge in [-0.2, -0.15) is 13.2 Å². The Balaban J connectivity index is 2.46. The van der Waals surface area contributed by atoms with Crippen LogP contribution in [0.2, 0.25) is 0 Å². The lowest BCUT2D eigenvalue weighted by Gasteiger charge is -2.15. The highest BCUT2D eigenvalue weighted by molar-refractivity contribution is 7.92. The number of alkyl halides is 3. The van der Waals surface area contributed by atoms with E-state index in [0.717, 1.165) is 12.1 Å². The molecule has 1 N–H and O–H groups in total. The van der Waals surface area contributed by atoms with E-state index >= 15 is 0 Å². The fourth-order valence-corrected chi connectivity index (χ4v) is 3.23. The predicted octanol–water partition coefficient (Wildman–Crippen LogP) is 3.53. The van der Waals surface area contributed by atoms with Crippen LogP contribution in [0.25, 0.3) is 0 Å². The zero-order chi connectivity index (χ0) is 19.5. The van der Waals surface area contributed by atoms with Crippen molar-refractivity contribution in [3.05, 3.63) is 42.0 Å². The first-order valence-corrected chi connectivity index (χ1v) is 8.60. The first-order chi connectivity index (χ1) is 12.1. The number of halogens is 3. The molecule has 0 amide bonds. The van der Waals surface area contributed by atoms with E-state index in [1.54, 1.807) is 0 Å². The standard InChI is InChI=1S/C16H16F3NO5S/c1-23-13-6-4-10(16(17,18)19)8-12(13)20-26(21,22)11-5-7-14(24-2)15(9-11)25-3/h4-9,20H,1-3H3. The van der Waals surface area contributed by atoms with Crippen LogP contribution < -0.4 is 18.9 Å². The zero-order valence-corrected chi connectivity index (χ0v) is 14.9. The summed E-state index contributed by atoms with van der Waals surface area (Å²) in [4.78, 5) is -0.213. The van der Waals surface area contributed by atoms with Gasteiger partial charge in [0.15, 0.2) is 11.5 Å². The molecule has 0 atom stereocenters. The molecule has 6 nitrogen and oxygen atoms in total. The summed E-state index contributed by atoms with van der Waals surface area (Å²) in [5.74, 6) is 0.413. The molecule has 0 aliphatic rings. The van der Waals surface area contributed by atoms with Crippen molar-refractivity contribution < 1.29 is 35.8 Å². The minimum absolute atomic E-state index is 0.0537. The summed E-state index contributed by atoms with van der Waals surface area (Å²) in [6.07, 6.45) is -4.63. The minimum Gasteiger partial charge on any atom is -0.495 e. The van der Waals surface area contributed by atoms with Crippen molar-refractivity contribution >= 4 is 15.7 Å². The van der Waals surface area contributed by atoms with Crippen LogP contribution in [0, 0.1) is 0 Å². The number of methoxy groups -OCH3 is 3. The molecule has 2 aromatic carbocycles. The maximum absolute atomic E-state index is 12.9. The van der Waals surface area contributed by atoms with Crippen LogP contribution >= 0.6 is 0 Å². The number of anilines is 1. The van der Waals surface area contributed by atoms with E-state index in [9.17, 15) is 21.6 Å². The van der Waals surface area contributed by atoms with Gasteiger partial charge in [0.25, 0.3) is 10.0 Å². The fourth-order valence-electron chi connectivity index (χ4n) is 2.15. The van der Waals surface area contributed by atoms with E-state index in [1.807, 2.05) is 0 Å². The Morgan fingerprint density at radius 2 is 1.42 bits per heavy atom. The maximum atomic E-state index is 12.9. The van der Waals surface area contributed by atoms with Crippen molar-refractivity contribution in [2.45, 2.75) is 11.1 Å². The molecule has 2 rings (SSSR count). The number of nitrogens with one attached hydrogen (secondary N) is 1. The van der Waals surface area contributed by atoms with Gasteiger partial charge >= 0.3 is 6.18 Å². The Morgan fingerprint density at radius 3 is 1.96 bits per heavy atom. The first-order valence-electron chi connectivity index (χ1n) is 7.12. The number of sulfonamides is 1. The smallest absolute Gasteiger partial charge is 0.416 e. The Bertz CT molecular complexity index is 897. The molecule has 0 heterocycles. The molecule has 0 spiro atoms. The second-order valence-electron chi connectivity index (χ2n) is 5.04. The van der Waals surface area contributed by atoms with Gasteiger partial charge in [-0.25, -0.2) is 8.42 Å². The summed E-state index contributed by atoms with van der Waals surface area (Å²) in [7, 11) is -0.262. The first kappa shape index (κ1) is 19.7. The molecule has 10 heteroatoms. The van der Waals surface area contributed by atoms with Gasteiger partial charge in [0.1, 0.15) is 5.75 Å². The molecular formula is C16H16F3NO5S. The van der Waals surface area contributed by atoms with Crippen LogP contribution in [0.5, 0.6) is 17.2 Å². The molecule has 26 heavy (non-hydrogen) atoms. The van der Waals surface area contributed by atoms with Crippen molar-refractivity contribution in [2.75, 3.05) is 26.1 Å². The van der Waals surface area contributed by atoms with Crippen molar-refractivity contribution in [3.63, 3.8) is 0 Å². The summed E-state index contributed by atoms with van der Waals surface area (Å²) in [6.45, 7) is 0. The highest BCUT2D eigenvalue weighted by atomic mass is 32.2. The van der Waals surface area contributed by atoms with E-state index in [1.165, 1.54) is 39.5 Å². The second kappa shape index (κ2) is 7.32. The molecule has 0 radical (unpaired) electrons. The zero-order valence-electron chi connectivity index (χ0n) is 14.0. The molecule has 0 aliphatic heterocycles. The van der Waals surface area contributed by atoms with Crippen LogP contribution in [0.1, 0.15) is 5.56 Å². The molecule has 0 unspecified atom stereocenters. The summed E-state index contributed by atoms with van der Waals surface area (Å²) in [6, 6.07) is 6.31. The molecular weight excluding hydrogens is 375 g/mol. The number of hydrogen-bond acceptors (Lipinski definition) is 5. The van der Waals surface area contributed by atoms with Gasteiger partial charge in [0, 0.05) is 6.07 Å². The van der Waals surface area contributed by atoms with Gasteiger partial charge in [-0.15, -0.1) is 0 Å². The number of ether oxygens (including phenoxy) is 3. The third kappa shape index (κ3) is 4.13. The second-order valence-corrected chi connectivity index (χ2v) is 6.72. The largest absolute Gasteiger partial charge is 0.495 e. The third-order valence-corrected chi connectivity index (χ3v) is 4.80. The lowest BCUT2D eigenvalue weighted by Crippen LogP contribution is -2.15. The Kier molecular flexibility index (Phi) is 5.55. The molecule has 0 aromatic heterocycles. The summed E-state index contributed by atoms with van der Waals surface area (Å²) >= 11 is 0. The van der Waals surface area contributed by atoms with E-state index in [0.29, 0.717) is 11.8 Å². The molecule has 0 saturated heterocycles. The van der Waals surface area contributed by atoms with Gasteiger partial charge < -0.3 is 14.2 Å². The molecule has 142 valence electrons. The summed E-state index contributed by atoms with van der Waals surface area (Å²) < 4.78 is 80.9. The quantitative estimate of drug-likeness (QED) is 0.816. The highest BCUT2D eigenvalue weighted by Crippen LogP contribution is 2.36. The Morgan fingerprint density at radius 1 is 0.846 bits per heavy atom. The molecule has 0 saturated carbocycles. The van der Waals surface area contributed by atoms with Gasteiger partial charge in [-0.1, -0.05) is 0 Å². The van der Waals surface area contributed by atoms with Crippen LogP contribution in [0.4, 0.5) is 18.9 Å². The molecule has 0 fully saturated rings. The van der Waals surface area contributed by atoms with Crippen molar-refractivity contribution in [2.24, 2.45) is 0 Å². The summed E-state index contributed by atoms with van der Waals surface area (Å²) in [5.41, 5.74) is -1.35. The predicted molar refractivity (Wildman–Crippen MR) is 88.4 cm³/mol. The van der Waals surface area contributed by atoms with Crippen molar-refractivity contribution in [3.8, 4) is 17.2 Å². The normalized spacial score (nSPS) is 11.8. The van der Waals surface area contributed by atoms with Crippen LogP contribution in [0.15, 0.2) is 41.3 Å². The van der Waals surface area contributed by atoms with Crippen LogP contribution in [0.3, 0.4) is 0 Å². The molecule has 2 aromatic rings. The van der Waals surface area contributed by atoms with Gasteiger partial charge in [-0.3, -0.25) is 4.72 Å². The highest BCUT2D eigenvalue weighted by Gasteiger charge is 2.32. The fraction of sp³-hybridized carbons (Fsp3) is 0.250. The van der Waals surface area contributed by atoms with E-state index < -0.39 is 21.8 Å². The number of hydrogen-bond donors (Lipinski definition) is 1. The van der Waals surface area contributed by atoms with E-state index in [4.69, 9.17) is 14.2 Å². The van der Waals surface area contributed by atoms with E-state index in [-0.39, 0.29) is 22.1 Å². The average Bonchev–Trinajstić information content (AvgIpc) is 2.59. The monoisotopic (exact) mass is 391 g/mol. The summed E-state index contributed by atoms with van der Waals surface area (Å²) in [5, 5.41) is 0. The van der Waals surface area contributed by atoms with Crippen LogP contribution in [-0.2, 0) is 16.2 Å². The van der Waals surface area contributed by atoms with Gasteiger partial charge in [0.2, 0.25) is 0 Å². The Labute approximate surface area is 148 Å². The van der Waals surface area contributed by atoms with Crippen molar-refractivity contribution in [1.29, 1.82) is 0 Å². The lowest BCUT2D eigenvalue weighted by atomic mass is 10.2. The Hall–Kier alpha value is -2.62. The average molecular weight is 391 g/mol. The minimum atomic E-state index is -4.63. The molecule has 0 aliphatic carbocycles. The topological polar surface area (TPSA) is 73.9 Å². The third-order valence-electron chi connectivity index (χ3n) is 3.44. The maximum Gasteiger partial charge on any atom is 0.416 e. The van der Waals surface area contributed by atoms with Gasteiger partial charge in [-0.05, 0) is 30.3 Å².